The van der Waals surface area contributed by atoms with Crippen LogP contribution in [0.5, 0.6) is 0 Å². The van der Waals surface area contributed by atoms with Gasteiger partial charge >= 0.3 is 0 Å². The Morgan fingerprint density at radius 1 is 1.40 bits per heavy atom. The molecule has 0 bridgehead atoms. The molecule has 8 heteroatoms. The van der Waals surface area contributed by atoms with Gasteiger partial charge in [-0.05, 0) is 44.7 Å². The lowest BCUT2D eigenvalue weighted by atomic mass is 10.1. The first kappa shape index (κ1) is 23.0. The van der Waals surface area contributed by atoms with Gasteiger partial charge in [-0.25, -0.2) is 0 Å². The van der Waals surface area contributed by atoms with Crippen molar-refractivity contribution in [3.63, 3.8) is 0 Å². The SMILES string of the molecule is COCCCn1nc(C)c2ccc([C@@H](C)NC(=O)C3CN(C4CC4)CCO3)cc21.Cl. The second kappa shape index (κ2) is 10.1. The molecule has 1 aromatic carbocycles. The van der Waals surface area contributed by atoms with E-state index in [9.17, 15) is 4.79 Å². The van der Waals surface area contributed by atoms with Gasteiger partial charge in [-0.3, -0.25) is 14.4 Å². The van der Waals surface area contributed by atoms with Crippen LogP contribution in [-0.4, -0.2) is 66.1 Å². The fourth-order valence-electron chi connectivity index (χ4n) is 4.14. The predicted octanol–water partition coefficient (Wildman–Crippen LogP) is 2.84. The normalized spacial score (nSPS) is 20.7. The average Bonchev–Trinajstić information content (AvgIpc) is 3.53. The van der Waals surface area contributed by atoms with Crippen molar-refractivity contribution in [2.24, 2.45) is 0 Å². The molecule has 1 aromatic heterocycles. The molecule has 1 saturated heterocycles. The van der Waals surface area contributed by atoms with E-state index in [4.69, 9.17) is 9.47 Å². The summed E-state index contributed by atoms with van der Waals surface area (Å²) in [6.07, 6.45) is 3.04. The maximum atomic E-state index is 12.8. The number of rotatable bonds is 8. The number of hydrogen-bond donors (Lipinski definition) is 1. The Hall–Kier alpha value is -1.67. The van der Waals surface area contributed by atoms with Crippen LogP contribution in [0.3, 0.4) is 0 Å². The van der Waals surface area contributed by atoms with Gasteiger partial charge in [-0.2, -0.15) is 5.10 Å². The molecule has 1 N–H and O–H groups in total. The van der Waals surface area contributed by atoms with Crippen LogP contribution in [-0.2, 0) is 20.8 Å². The summed E-state index contributed by atoms with van der Waals surface area (Å²) in [7, 11) is 1.72. The summed E-state index contributed by atoms with van der Waals surface area (Å²) in [6.45, 7) is 7.86. The van der Waals surface area contributed by atoms with Gasteiger partial charge in [0.05, 0.1) is 23.9 Å². The minimum absolute atomic E-state index is 0. The Morgan fingerprint density at radius 2 is 2.20 bits per heavy atom. The van der Waals surface area contributed by atoms with Gasteiger partial charge in [0.2, 0.25) is 0 Å². The van der Waals surface area contributed by atoms with Gasteiger partial charge in [-0.1, -0.05) is 12.1 Å². The van der Waals surface area contributed by atoms with Crippen LogP contribution in [0.4, 0.5) is 0 Å². The second-order valence-electron chi connectivity index (χ2n) is 8.25. The number of morpholine rings is 1. The molecule has 2 aromatic rings. The highest BCUT2D eigenvalue weighted by Crippen LogP contribution is 2.28. The largest absolute Gasteiger partial charge is 0.385 e. The van der Waals surface area contributed by atoms with E-state index in [2.05, 4.69) is 33.5 Å². The molecule has 0 radical (unpaired) electrons. The first-order chi connectivity index (χ1) is 14.1. The Bertz CT molecular complexity index is 867. The number of methoxy groups -OCH3 is 1. The summed E-state index contributed by atoms with van der Waals surface area (Å²) in [5.74, 6) is -0.0206. The summed E-state index contributed by atoms with van der Waals surface area (Å²) in [5, 5.41) is 8.98. The third kappa shape index (κ3) is 5.14. The van der Waals surface area contributed by atoms with Gasteiger partial charge in [0, 0.05) is 44.8 Å². The molecule has 1 aliphatic carbocycles. The molecule has 7 nitrogen and oxygen atoms in total. The van der Waals surface area contributed by atoms with Gasteiger partial charge < -0.3 is 14.8 Å². The number of carbonyl (C=O) groups is 1. The van der Waals surface area contributed by atoms with Crippen molar-refractivity contribution in [3.8, 4) is 0 Å². The number of fused-ring (bicyclic) bond motifs is 1. The number of halogens is 1. The third-order valence-corrected chi connectivity index (χ3v) is 5.99. The zero-order chi connectivity index (χ0) is 20.4. The Morgan fingerprint density at radius 3 is 2.93 bits per heavy atom. The van der Waals surface area contributed by atoms with E-state index >= 15 is 0 Å². The van der Waals surface area contributed by atoms with Crippen molar-refractivity contribution in [2.45, 2.75) is 57.8 Å². The van der Waals surface area contributed by atoms with Gasteiger partial charge in [-0.15, -0.1) is 12.4 Å². The lowest BCUT2D eigenvalue weighted by Crippen LogP contribution is -2.50. The van der Waals surface area contributed by atoms with Crippen molar-refractivity contribution < 1.29 is 14.3 Å². The first-order valence-electron chi connectivity index (χ1n) is 10.7. The molecule has 1 unspecified atom stereocenters. The van der Waals surface area contributed by atoms with E-state index in [0.717, 1.165) is 41.7 Å². The number of benzene rings is 1. The Balaban J connectivity index is 0.00000256. The number of aryl methyl sites for hydroxylation is 2. The maximum Gasteiger partial charge on any atom is 0.250 e. The molecule has 1 saturated carbocycles. The molecule has 2 heterocycles. The Labute approximate surface area is 184 Å². The van der Waals surface area contributed by atoms with Crippen LogP contribution in [0.25, 0.3) is 10.9 Å². The number of hydrogen-bond acceptors (Lipinski definition) is 5. The highest BCUT2D eigenvalue weighted by atomic mass is 35.5. The van der Waals surface area contributed by atoms with E-state index in [1.807, 2.05) is 18.5 Å². The molecule has 2 fully saturated rings. The summed E-state index contributed by atoms with van der Waals surface area (Å²) in [5.41, 5.74) is 3.20. The van der Waals surface area contributed by atoms with Crippen LogP contribution in [0.15, 0.2) is 18.2 Å². The van der Waals surface area contributed by atoms with Crippen molar-refractivity contribution in [1.82, 2.24) is 20.0 Å². The maximum absolute atomic E-state index is 12.8. The number of carbonyl (C=O) groups excluding carboxylic acids is 1. The summed E-state index contributed by atoms with van der Waals surface area (Å²) < 4.78 is 13.0. The fraction of sp³-hybridized carbons (Fsp3) is 0.636. The van der Waals surface area contributed by atoms with Crippen molar-refractivity contribution >= 4 is 29.2 Å². The predicted molar refractivity (Wildman–Crippen MR) is 119 cm³/mol. The van der Waals surface area contributed by atoms with E-state index in [1.165, 1.54) is 12.8 Å². The lowest BCUT2D eigenvalue weighted by molar-refractivity contribution is -0.139. The minimum Gasteiger partial charge on any atom is -0.385 e. The number of aromatic nitrogens is 2. The quantitative estimate of drug-likeness (QED) is 0.644. The van der Waals surface area contributed by atoms with Crippen LogP contribution >= 0.6 is 12.4 Å². The number of amides is 1. The fourth-order valence-corrected chi connectivity index (χ4v) is 4.14. The van der Waals surface area contributed by atoms with Crippen LogP contribution in [0, 0.1) is 6.92 Å². The third-order valence-electron chi connectivity index (χ3n) is 5.99. The monoisotopic (exact) mass is 436 g/mol. The molecule has 166 valence electrons. The molecule has 0 spiro atoms. The summed E-state index contributed by atoms with van der Waals surface area (Å²) in [4.78, 5) is 15.2. The Kier molecular flexibility index (Phi) is 7.74. The zero-order valence-corrected chi connectivity index (χ0v) is 18.9. The highest BCUT2D eigenvalue weighted by Gasteiger charge is 2.35. The van der Waals surface area contributed by atoms with Gasteiger partial charge in [0.25, 0.3) is 5.91 Å². The zero-order valence-electron chi connectivity index (χ0n) is 18.1. The van der Waals surface area contributed by atoms with Crippen LogP contribution < -0.4 is 5.32 Å². The summed E-state index contributed by atoms with van der Waals surface area (Å²) in [6, 6.07) is 6.91. The average molecular weight is 437 g/mol. The molecule has 2 atom stereocenters. The second-order valence-corrected chi connectivity index (χ2v) is 8.25. The van der Waals surface area contributed by atoms with E-state index in [1.54, 1.807) is 7.11 Å². The molecule has 4 rings (SSSR count). The van der Waals surface area contributed by atoms with E-state index in [-0.39, 0.29) is 30.5 Å². The lowest BCUT2D eigenvalue weighted by Gasteiger charge is -2.32. The number of nitrogens with zero attached hydrogens (tertiary/aromatic N) is 3. The van der Waals surface area contributed by atoms with Gasteiger partial charge in [0.15, 0.2) is 0 Å². The first-order valence-corrected chi connectivity index (χ1v) is 10.7. The topological polar surface area (TPSA) is 68.6 Å². The van der Waals surface area contributed by atoms with Gasteiger partial charge in [0.1, 0.15) is 6.10 Å². The molecular weight excluding hydrogens is 404 g/mol. The molecule has 2 aliphatic rings. The highest BCUT2D eigenvalue weighted by molar-refractivity contribution is 5.85. The molecular formula is C22H33ClN4O3. The minimum atomic E-state index is -0.377. The number of nitrogens with one attached hydrogen (secondary N) is 1. The van der Waals surface area contributed by atoms with Crippen molar-refractivity contribution in [2.75, 3.05) is 33.4 Å². The van der Waals surface area contributed by atoms with E-state index in [0.29, 0.717) is 25.8 Å². The standard InChI is InChI=1S/C22H32N4O3.ClH/c1-15(23-22(27)21-14-25(10-12-29-21)18-6-7-18)17-5-8-19-16(2)24-26(20(19)13-17)9-4-11-28-3;/h5,8,13,15,18,21H,4,6-7,9-12,14H2,1-3H3,(H,23,27);1H/t15-,21?;/m1./s1. The van der Waals surface area contributed by atoms with Crippen molar-refractivity contribution in [1.29, 1.82) is 0 Å². The van der Waals surface area contributed by atoms with Crippen LogP contribution in [0.2, 0.25) is 0 Å². The smallest absolute Gasteiger partial charge is 0.250 e. The summed E-state index contributed by atoms with van der Waals surface area (Å²) >= 11 is 0. The van der Waals surface area contributed by atoms with Crippen LogP contribution in [0.1, 0.15) is 43.5 Å². The molecule has 30 heavy (non-hydrogen) atoms. The van der Waals surface area contributed by atoms with E-state index < -0.39 is 0 Å². The van der Waals surface area contributed by atoms with Crippen molar-refractivity contribution in [3.05, 3.63) is 29.5 Å². The molecule has 1 amide bonds. The molecule has 1 aliphatic heterocycles. The number of ether oxygens (including phenoxy) is 2.